The van der Waals surface area contributed by atoms with Gasteiger partial charge < -0.3 is 14.6 Å². The molecular formula is C18H23NO5. The summed E-state index contributed by atoms with van der Waals surface area (Å²) in [5.74, 6) is -1.04. The van der Waals surface area contributed by atoms with Crippen molar-refractivity contribution in [3.05, 3.63) is 39.7 Å². The summed E-state index contributed by atoms with van der Waals surface area (Å²) in [7, 11) is 0. The highest BCUT2D eigenvalue weighted by atomic mass is 16.4. The van der Waals surface area contributed by atoms with Crippen molar-refractivity contribution in [3.8, 4) is 5.75 Å². The summed E-state index contributed by atoms with van der Waals surface area (Å²) in [5.41, 5.74) is 1.05. The first kappa shape index (κ1) is 18.0. The number of phenolic OH excluding ortho intramolecular Hbond substituents is 1. The Morgan fingerprint density at radius 3 is 2.62 bits per heavy atom. The number of aromatic hydroxyl groups is 1. The van der Waals surface area contributed by atoms with Crippen LogP contribution in [-0.2, 0) is 17.8 Å². The van der Waals surface area contributed by atoms with Gasteiger partial charge in [-0.05, 0) is 30.0 Å². The molecule has 1 aromatic heterocycles. The zero-order valence-corrected chi connectivity index (χ0v) is 14.1. The second-order valence-electron chi connectivity index (χ2n) is 5.97. The number of nitrogens with one attached hydrogen (secondary N) is 1. The lowest BCUT2D eigenvalue weighted by molar-refractivity contribution is -0.140. The first-order valence-corrected chi connectivity index (χ1v) is 8.12. The molecule has 0 aliphatic carbocycles. The monoisotopic (exact) mass is 333 g/mol. The van der Waals surface area contributed by atoms with Crippen molar-refractivity contribution >= 4 is 16.9 Å². The molecule has 2 rings (SSSR count). The van der Waals surface area contributed by atoms with E-state index in [0.29, 0.717) is 24.0 Å². The number of hydrogen-bond acceptors (Lipinski definition) is 5. The Labute approximate surface area is 140 Å². The van der Waals surface area contributed by atoms with Crippen LogP contribution in [0.4, 0.5) is 0 Å². The molecule has 130 valence electrons. The molecule has 0 saturated heterocycles. The summed E-state index contributed by atoms with van der Waals surface area (Å²) in [5, 5.41) is 23.2. The topological polar surface area (TPSA) is 99.8 Å². The predicted molar refractivity (Wildman–Crippen MR) is 91.2 cm³/mol. The van der Waals surface area contributed by atoms with E-state index in [1.165, 1.54) is 12.1 Å². The fraction of sp³-hybridized carbons (Fsp3) is 0.444. The Hall–Kier alpha value is -2.34. The van der Waals surface area contributed by atoms with Crippen molar-refractivity contribution in [1.29, 1.82) is 0 Å². The molecule has 0 spiro atoms. The smallest absolute Gasteiger partial charge is 0.336 e. The van der Waals surface area contributed by atoms with Gasteiger partial charge in [0, 0.05) is 18.0 Å². The second-order valence-corrected chi connectivity index (χ2v) is 5.97. The van der Waals surface area contributed by atoms with Crippen molar-refractivity contribution in [3.63, 3.8) is 0 Å². The zero-order valence-electron chi connectivity index (χ0n) is 14.1. The van der Waals surface area contributed by atoms with E-state index in [-0.39, 0.29) is 18.2 Å². The van der Waals surface area contributed by atoms with Crippen LogP contribution in [0.1, 0.15) is 38.3 Å². The van der Waals surface area contributed by atoms with Crippen LogP contribution in [0.3, 0.4) is 0 Å². The van der Waals surface area contributed by atoms with Gasteiger partial charge in [-0.15, -0.1) is 0 Å². The van der Waals surface area contributed by atoms with E-state index >= 15 is 0 Å². The predicted octanol–water partition coefficient (Wildman–Crippen LogP) is 2.65. The maximum Gasteiger partial charge on any atom is 0.336 e. The minimum Gasteiger partial charge on any atom is -0.507 e. The molecule has 2 atom stereocenters. The van der Waals surface area contributed by atoms with E-state index < -0.39 is 17.6 Å². The van der Waals surface area contributed by atoms with Crippen molar-refractivity contribution in [2.24, 2.45) is 5.92 Å². The maximum absolute atomic E-state index is 11.8. The number of carboxylic acid groups (broad SMARTS) is 1. The van der Waals surface area contributed by atoms with Gasteiger partial charge in [-0.1, -0.05) is 27.2 Å². The summed E-state index contributed by atoms with van der Waals surface area (Å²) in [6, 6.07) is 3.94. The Morgan fingerprint density at radius 1 is 1.33 bits per heavy atom. The molecule has 0 fully saturated rings. The van der Waals surface area contributed by atoms with Gasteiger partial charge in [-0.25, -0.2) is 4.79 Å². The van der Waals surface area contributed by atoms with E-state index in [1.54, 1.807) is 6.07 Å². The first-order chi connectivity index (χ1) is 11.4. The van der Waals surface area contributed by atoms with Crippen molar-refractivity contribution in [2.75, 3.05) is 0 Å². The number of aryl methyl sites for hydroxylation is 1. The molecule has 0 radical (unpaired) electrons. The molecule has 6 heteroatoms. The van der Waals surface area contributed by atoms with Crippen molar-refractivity contribution in [1.82, 2.24) is 5.32 Å². The molecule has 0 bridgehead atoms. The zero-order chi connectivity index (χ0) is 17.9. The van der Waals surface area contributed by atoms with Gasteiger partial charge in [0.1, 0.15) is 17.4 Å². The number of carbonyl (C=O) groups is 1. The highest BCUT2D eigenvalue weighted by Gasteiger charge is 2.24. The van der Waals surface area contributed by atoms with Gasteiger partial charge in [0.2, 0.25) is 0 Å². The largest absolute Gasteiger partial charge is 0.507 e. The minimum atomic E-state index is -0.945. The molecule has 3 N–H and O–H groups in total. The number of fused-ring (bicyclic) bond motifs is 1. The number of rotatable bonds is 7. The van der Waals surface area contributed by atoms with Gasteiger partial charge in [-0.3, -0.25) is 10.1 Å². The van der Waals surface area contributed by atoms with Crippen molar-refractivity contribution in [2.45, 2.75) is 46.2 Å². The summed E-state index contributed by atoms with van der Waals surface area (Å²) in [6.07, 6.45) is 1.37. The molecule has 0 aliphatic heterocycles. The molecular weight excluding hydrogens is 310 g/mol. The van der Waals surface area contributed by atoms with E-state index in [4.69, 9.17) is 4.42 Å². The number of aliphatic carboxylic acids is 1. The normalized spacial score (nSPS) is 13.8. The van der Waals surface area contributed by atoms with E-state index in [9.17, 15) is 19.8 Å². The van der Waals surface area contributed by atoms with Gasteiger partial charge >= 0.3 is 11.6 Å². The van der Waals surface area contributed by atoms with Crippen molar-refractivity contribution < 1.29 is 19.4 Å². The molecule has 1 unspecified atom stereocenters. The summed E-state index contributed by atoms with van der Waals surface area (Å²) >= 11 is 0. The second kappa shape index (κ2) is 7.49. The van der Waals surface area contributed by atoms with Crippen LogP contribution in [0.25, 0.3) is 11.0 Å². The van der Waals surface area contributed by atoms with Crippen LogP contribution in [0.2, 0.25) is 0 Å². The Kier molecular flexibility index (Phi) is 5.62. The third kappa shape index (κ3) is 3.59. The fourth-order valence-corrected chi connectivity index (χ4v) is 2.78. The van der Waals surface area contributed by atoms with E-state index in [0.717, 1.165) is 10.9 Å². The van der Waals surface area contributed by atoms with Crippen LogP contribution in [0.15, 0.2) is 27.4 Å². The van der Waals surface area contributed by atoms with Crippen LogP contribution >= 0.6 is 0 Å². The number of hydrogen-bond donors (Lipinski definition) is 3. The average molecular weight is 333 g/mol. The average Bonchev–Trinajstić information content (AvgIpc) is 2.55. The SMILES string of the molecule is CCc1cc(=O)oc2c(CN[C@@H](C(=O)O)C(C)CC)c(O)ccc12. The van der Waals surface area contributed by atoms with E-state index in [2.05, 4.69) is 5.32 Å². The quantitative estimate of drug-likeness (QED) is 0.674. The lowest BCUT2D eigenvalue weighted by atomic mass is 9.98. The van der Waals surface area contributed by atoms with Gasteiger partial charge in [-0.2, -0.15) is 0 Å². The highest BCUT2D eigenvalue weighted by Crippen LogP contribution is 2.28. The first-order valence-electron chi connectivity index (χ1n) is 8.12. The molecule has 0 amide bonds. The third-order valence-corrected chi connectivity index (χ3v) is 4.44. The van der Waals surface area contributed by atoms with Gasteiger partial charge in [0.25, 0.3) is 0 Å². The lowest BCUT2D eigenvalue weighted by Gasteiger charge is -2.20. The molecule has 1 aromatic carbocycles. The highest BCUT2D eigenvalue weighted by molar-refractivity contribution is 5.85. The fourth-order valence-electron chi connectivity index (χ4n) is 2.78. The Morgan fingerprint density at radius 2 is 2.04 bits per heavy atom. The van der Waals surface area contributed by atoms with Gasteiger partial charge in [0.05, 0.1) is 5.56 Å². The Bertz CT molecular complexity index is 796. The third-order valence-electron chi connectivity index (χ3n) is 4.44. The number of carboxylic acids is 1. The minimum absolute atomic E-state index is 0.0281. The molecule has 24 heavy (non-hydrogen) atoms. The van der Waals surface area contributed by atoms with Crippen LogP contribution < -0.4 is 10.9 Å². The van der Waals surface area contributed by atoms with Crippen LogP contribution in [-0.4, -0.2) is 22.2 Å². The summed E-state index contributed by atoms with van der Waals surface area (Å²) < 4.78 is 5.29. The molecule has 2 aromatic rings. The van der Waals surface area contributed by atoms with Crippen LogP contribution in [0.5, 0.6) is 5.75 Å². The van der Waals surface area contributed by atoms with Crippen LogP contribution in [0, 0.1) is 5.92 Å². The van der Waals surface area contributed by atoms with Gasteiger partial charge in [0.15, 0.2) is 0 Å². The molecule has 0 saturated carbocycles. The number of benzene rings is 1. The molecule has 6 nitrogen and oxygen atoms in total. The summed E-state index contributed by atoms with van der Waals surface area (Å²) in [4.78, 5) is 23.2. The lowest BCUT2D eigenvalue weighted by Crippen LogP contribution is -2.41. The number of phenols is 1. The summed E-state index contributed by atoms with van der Waals surface area (Å²) in [6.45, 7) is 5.80. The molecule has 1 heterocycles. The van der Waals surface area contributed by atoms with E-state index in [1.807, 2.05) is 20.8 Å². The standard InChI is InChI=1S/C18H23NO5/c1-4-10(3)16(18(22)23)19-9-13-14(20)7-6-12-11(5-2)8-15(21)24-17(12)13/h6-8,10,16,19-20H,4-5,9H2,1-3H3,(H,22,23)/t10?,16-/m1/s1. The maximum atomic E-state index is 11.8. The Balaban J connectivity index is 2.44. The molecule has 0 aliphatic rings.